The molecule has 6 nitrogen and oxygen atoms in total. The number of carbonyl (C=O) groups excluding carboxylic acids is 1. The summed E-state index contributed by atoms with van der Waals surface area (Å²) in [4.78, 5) is 14.0. The van der Waals surface area contributed by atoms with Crippen LogP contribution >= 0.6 is 0 Å². The lowest BCUT2D eigenvalue weighted by molar-refractivity contribution is -0.921. The molecule has 0 saturated carbocycles. The number of para-hydroxylation sites is 1. The molecule has 2 aromatic carbocycles. The fourth-order valence-corrected chi connectivity index (χ4v) is 4.02. The summed E-state index contributed by atoms with van der Waals surface area (Å²) in [5.41, 5.74) is 8.76. The summed E-state index contributed by atoms with van der Waals surface area (Å²) in [6.45, 7) is 8.78. The van der Waals surface area contributed by atoms with E-state index in [1.54, 1.807) is 6.21 Å². The van der Waals surface area contributed by atoms with Crippen LogP contribution in [-0.2, 0) is 11.3 Å². The average molecular weight is 418 g/mol. The smallest absolute Gasteiger partial charge is 0.271 e. The predicted octanol–water partition coefficient (Wildman–Crippen LogP) is 2.27. The molecule has 1 aliphatic heterocycles. The number of morpholine rings is 1. The summed E-state index contributed by atoms with van der Waals surface area (Å²) in [7, 11) is 0. The first-order valence-corrected chi connectivity index (χ1v) is 10.7. The van der Waals surface area contributed by atoms with Crippen LogP contribution in [0, 0.1) is 13.8 Å². The number of hydrogen-bond acceptors (Lipinski definition) is 3. The van der Waals surface area contributed by atoms with E-state index in [-0.39, 0.29) is 5.91 Å². The van der Waals surface area contributed by atoms with Gasteiger partial charge in [0.1, 0.15) is 19.6 Å². The summed E-state index contributed by atoms with van der Waals surface area (Å²) in [6, 6.07) is 20.0. The molecule has 1 saturated heterocycles. The number of carbonyl (C=O) groups is 1. The van der Waals surface area contributed by atoms with Crippen molar-refractivity contribution < 1.29 is 14.4 Å². The van der Waals surface area contributed by atoms with E-state index in [4.69, 9.17) is 4.74 Å². The highest BCUT2D eigenvalue weighted by atomic mass is 16.5. The fourth-order valence-electron chi connectivity index (χ4n) is 4.02. The number of aromatic nitrogens is 1. The minimum absolute atomic E-state index is 0.210. The van der Waals surface area contributed by atoms with E-state index in [0.29, 0.717) is 5.56 Å². The second-order valence-corrected chi connectivity index (χ2v) is 7.93. The number of amides is 1. The summed E-state index contributed by atoms with van der Waals surface area (Å²) >= 11 is 0. The van der Waals surface area contributed by atoms with Gasteiger partial charge in [-0.2, -0.15) is 5.10 Å². The molecular weight excluding hydrogens is 388 g/mol. The molecule has 1 aromatic heterocycles. The number of nitrogens with one attached hydrogen (secondary N) is 2. The average Bonchev–Trinajstić information content (AvgIpc) is 3.08. The van der Waals surface area contributed by atoms with Gasteiger partial charge in [0.25, 0.3) is 5.91 Å². The van der Waals surface area contributed by atoms with E-state index < -0.39 is 0 Å². The molecule has 31 heavy (non-hydrogen) atoms. The second kappa shape index (κ2) is 9.73. The number of hydrogen-bond donors (Lipinski definition) is 2. The Labute approximate surface area is 183 Å². The maximum atomic E-state index is 12.5. The quantitative estimate of drug-likeness (QED) is 0.478. The van der Waals surface area contributed by atoms with E-state index in [9.17, 15) is 4.79 Å². The van der Waals surface area contributed by atoms with Gasteiger partial charge in [-0.3, -0.25) is 4.79 Å². The lowest BCUT2D eigenvalue weighted by Crippen LogP contribution is -3.12. The first-order valence-electron chi connectivity index (χ1n) is 10.7. The number of benzene rings is 2. The largest absolute Gasteiger partial charge is 0.370 e. The molecule has 0 radical (unpaired) electrons. The highest BCUT2D eigenvalue weighted by molar-refractivity contribution is 5.95. The first kappa shape index (κ1) is 21.0. The van der Waals surface area contributed by atoms with Gasteiger partial charge in [0, 0.05) is 33.8 Å². The van der Waals surface area contributed by atoms with Crippen LogP contribution in [0.3, 0.4) is 0 Å². The molecule has 0 atom stereocenters. The van der Waals surface area contributed by atoms with E-state index in [1.165, 1.54) is 10.5 Å². The number of nitrogens with zero attached hydrogens (tertiary/aromatic N) is 2. The van der Waals surface area contributed by atoms with Gasteiger partial charge in [0.15, 0.2) is 0 Å². The van der Waals surface area contributed by atoms with Crippen molar-refractivity contribution in [3.8, 4) is 5.69 Å². The van der Waals surface area contributed by atoms with Crippen molar-refractivity contribution in [1.29, 1.82) is 0 Å². The molecule has 1 fully saturated rings. The summed E-state index contributed by atoms with van der Waals surface area (Å²) in [5.74, 6) is -0.210. The number of ether oxygens (including phenoxy) is 1. The lowest BCUT2D eigenvalue weighted by Gasteiger charge is -2.23. The number of rotatable bonds is 6. The van der Waals surface area contributed by atoms with E-state index in [0.717, 1.165) is 55.5 Å². The molecule has 1 amide bonds. The van der Waals surface area contributed by atoms with Crippen LogP contribution in [0.1, 0.15) is 32.9 Å². The zero-order valence-corrected chi connectivity index (χ0v) is 18.1. The molecule has 0 spiro atoms. The van der Waals surface area contributed by atoms with Gasteiger partial charge in [0.2, 0.25) is 0 Å². The van der Waals surface area contributed by atoms with Crippen LogP contribution in [0.4, 0.5) is 0 Å². The normalized spacial score (nSPS) is 14.8. The topological polar surface area (TPSA) is 60.1 Å². The summed E-state index contributed by atoms with van der Waals surface area (Å²) < 4.78 is 7.59. The molecule has 4 rings (SSSR count). The van der Waals surface area contributed by atoms with Gasteiger partial charge in [-0.05, 0) is 44.2 Å². The number of hydrazone groups is 1. The lowest BCUT2D eigenvalue weighted by atomic mass is 10.1. The van der Waals surface area contributed by atoms with Gasteiger partial charge in [-0.15, -0.1) is 0 Å². The minimum Gasteiger partial charge on any atom is -0.370 e. The Bertz CT molecular complexity index is 1050. The third kappa shape index (κ3) is 5.10. The standard InChI is InChI=1S/C25H28N4O2/c1-19-16-23(20(2)29(19)24-6-4-3-5-7-24)17-26-27-25(30)22-10-8-21(9-11-22)18-28-12-14-31-15-13-28/h3-11,16-17H,12-15,18H2,1-2H3,(H,27,30)/p+1. The second-order valence-electron chi connectivity index (χ2n) is 7.93. The number of aryl methyl sites for hydroxylation is 1. The Morgan fingerprint density at radius 1 is 1.10 bits per heavy atom. The summed E-state index contributed by atoms with van der Waals surface area (Å²) in [5, 5.41) is 4.19. The molecule has 0 bridgehead atoms. The third-order valence-electron chi connectivity index (χ3n) is 5.72. The monoisotopic (exact) mass is 417 g/mol. The molecule has 1 aliphatic rings. The van der Waals surface area contributed by atoms with Crippen molar-refractivity contribution in [2.75, 3.05) is 26.3 Å². The fraction of sp³-hybridized carbons (Fsp3) is 0.280. The SMILES string of the molecule is Cc1cc(C=NNC(=O)c2ccc(C[NH+]3CCOCC3)cc2)c(C)n1-c1ccccc1. The van der Waals surface area contributed by atoms with Crippen LogP contribution in [0.5, 0.6) is 0 Å². The Hall–Kier alpha value is -3.22. The van der Waals surface area contributed by atoms with Gasteiger partial charge < -0.3 is 14.2 Å². The zero-order chi connectivity index (χ0) is 21.6. The van der Waals surface area contributed by atoms with Crippen molar-refractivity contribution in [3.63, 3.8) is 0 Å². The Morgan fingerprint density at radius 2 is 1.81 bits per heavy atom. The van der Waals surface area contributed by atoms with E-state index in [2.05, 4.69) is 47.1 Å². The molecule has 2 N–H and O–H groups in total. The van der Waals surface area contributed by atoms with Crippen molar-refractivity contribution >= 4 is 12.1 Å². The molecule has 0 unspecified atom stereocenters. The van der Waals surface area contributed by atoms with Crippen molar-refractivity contribution in [3.05, 3.63) is 88.7 Å². The molecule has 0 aliphatic carbocycles. The Balaban J connectivity index is 1.37. The zero-order valence-electron chi connectivity index (χ0n) is 18.1. The molecule has 160 valence electrons. The molecular formula is C25H29N4O2+. The molecule has 2 heterocycles. The van der Waals surface area contributed by atoms with Gasteiger partial charge in [-0.1, -0.05) is 30.3 Å². The maximum absolute atomic E-state index is 12.5. The van der Waals surface area contributed by atoms with Gasteiger partial charge in [-0.25, -0.2) is 5.43 Å². The van der Waals surface area contributed by atoms with Gasteiger partial charge in [0.05, 0.1) is 19.4 Å². The van der Waals surface area contributed by atoms with Crippen molar-refractivity contribution in [1.82, 2.24) is 9.99 Å². The highest BCUT2D eigenvalue weighted by Gasteiger charge is 2.14. The minimum atomic E-state index is -0.210. The molecule has 6 heteroatoms. The molecule has 3 aromatic rings. The summed E-state index contributed by atoms with van der Waals surface area (Å²) in [6.07, 6.45) is 1.70. The number of quaternary nitrogens is 1. The van der Waals surface area contributed by atoms with E-state index >= 15 is 0 Å². The Morgan fingerprint density at radius 3 is 2.52 bits per heavy atom. The van der Waals surface area contributed by atoms with Crippen LogP contribution in [0.25, 0.3) is 5.69 Å². The highest BCUT2D eigenvalue weighted by Crippen LogP contribution is 2.19. The van der Waals surface area contributed by atoms with Crippen LogP contribution in [-0.4, -0.2) is 43.0 Å². The predicted molar refractivity (Wildman–Crippen MR) is 122 cm³/mol. The van der Waals surface area contributed by atoms with Crippen LogP contribution in [0.15, 0.2) is 65.8 Å². The van der Waals surface area contributed by atoms with Crippen molar-refractivity contribution in [2.24, 2.45) is 5.10 Å². The van der Waals surface area contributed by atoms with Crippen molar-refractivity contribution in [2.45, 2.75) is 20.4 Å². The first-order chi connectivity index (χ1) is 15.1. The maximum Gasteiger partial charge on any atom is 0.271 e. The Kier molecular flexibility index (Phi) is 6.60. The van der Waals surface area contributed by atoms with Gasteiger partial charge >= 0.3 is 0 Å². The van der Waals surface area contributed by atoms with Crippen LogP contribution in [0.2, 0.25) is 0 Å². The van der Waals surface area contributed by atoms with E-state index in [1.807, 2.05) is 42.5 Å². The van der Waals surface area contributed by atoms with Crippen LogP contribution < -0.4 is 10.3 Å². The third-order valence-corrected chi connectivity index (χ3v) is 5.72.